The van der Waals surface area contributed by atoms with Crippen LogP contribution in [0.15, 0.2) is 24.7 Å². The lowest BCUT2D eigenvalue weighted by Crippen LogP contribution is -1.98. The lowest BCUT2D eigenvalue weighted by atomic mass is 10.4. The SMILES string of the molecule is C.CNc1ccc(-n2cnnn2)nc1. The summed E-state index contributed by atoms with van der Waals surface area (Å²) in [4.78, 5) is 4.15. The Morgan fingerprint density at radius 1 is 1.36 bits per heavy atom. The van der Waals surface area contributed by atoms with Crippen molar-refractivity contribution in [3.05, 3.63) is 24.7 Å². The van der Waals surface area contributed by atoms with Gasteiger partial charge in [-0.2, -0.15) is 4.68 Å². The second kappa shape index (κ2) is 4.31. The quantitative estimate of drug-likeness (QED) is 0.759. The molecule has 2 rings (SSSR count). The fraction of sp³-hybridized carbons (Fsp3) is 0.250. The minimum absolute atomic E-state index is 0. The number of aromatic nitrogens is 5. The van der Waals surface area contributed by atoms with E-state index in [0.29, 0.717) is 5.82 Å². The van der Waals surface area contributed by atoms with E-state index in [0.717, 1.165) is 5.69 Å². The van der Waals surface area contributed by atoms with Crippen LogP contribution in [0.5, 0.6) is 0 Å². The van der Waals surface area contributed by atoms with Crippen LogP contribution in [0, 0.1) is 0 Å². The summed E-state index contributed by atoms with van der Waals surface area (Å²) in [6.45, 7) is 0. The molecule has 0 aliphatic carbocycles. The van der Waals surface area contributed by atoms with Crippen LogP contribution in [0.3, 0.4) is 0 Å². The first kappa shape index (κ1) is 10.1. The maximum atomic E-state index is 4.15. The molecule has 0 radical (unpaired) electrons. The van der Waals surface area contributed by atoms with Crippen molar-refractivity contribution in [1.82, 2.24) is 25.2 Å². The predicted molar refractivity (Wildman–Crippen MR) is 53.2 cm³/mol. The summed E-state index contributed by atoms with van der Waals surface area (Å²) < 4.78 is 1.50. The van der Waals surface area contributed by atoms with Gasteiger partial charge in [0.25, 0.3) is 0 Å². The first-order valence-electron chi connectivity index (χ1n) is 3.77. The van der Waals surface area contributed by atoms with Gasteiger partial charge in [-0.3, -0.25) is 0 Å². The molecule has 0 saturated heterocycles. The normalized spacial score (nSPS) is 9.21. The molecule has 2 heterocycles. The molecule has 0 saturated carbocycles. The van der Waals surface area contributed by atoms with Gasteiger partial charge in [0, 0.05) is 7.05 Å². The lowest BCUT2D eigenvalue weighted by Gasteiger charge is -2.00. The van der Waals surface area contributed by atoms with E-state index in [2.05, 4.69) is 25.8 Å². The van der Waals surface area contributed by atoms with Crippen LogP contribution in [0.25, 0.3) is 5.82 Å². The largest absolute Gasteiger partial charge is 0.387 e. The van der Waals surface area contributed by atoms with Crippen LogP contribution in [-0.4, -0.2) is 32.2 Å². The molecular weight excluding hydrogens is 180 g/mol. The smallest absolute Gasteiger partial charge is 0.157 e. The van der Waals surface area contributed by atoms with Crippen LogP contribution in [0.4, 0.5) is 5.69 Å². The van der Waals surface area contributed by atoms with Gasteiger partial charge in [-0.05, 0) is 22.6 Å². The molecule has 0 aliphatic rings. The Morgan fingerprint density at radius 3 is 2.71 bits per heavy atom. The van der Waals surface area contributed by atoms with Gasteiger partial charge in [0.2, 0.25) is 0 Å². The third kappa shape index (κ3) is 1.85. The topological polar surface area (TPSA) is 68.5 Å². The molecule has 0 fully saturated rings. The third-order valence-electron chi connectivity index (χ3n) is 1.62. The first-order chi connectivity index (χ1) is 6.40. The van der Waals surface area contributed by atoms with Crippen molar-refractivity contribution in [2.75, 3.05) is 12.4 Å². The minimum Gasteiger partial charge on any atom is -0.387 e. The second-order valence-corrected chi connectivity index (χ2v) is 2.41. The van der Waals surface area contributed by atoms with Gasteiger partial charge < -0.3 is 5.32 Å². The summed E-state index contributed by atoms with van der Waals surface area (Å²) in [7, 11) is 1.84. The zero-order chi connectivity index (χ0) is 9.10. The van der Waals surface area contributed by atoms with E-state index in [1.54, 1.807) is 6.20 Å². The van der Waals surface area contributed by atoms with Crippen molar-refractivity contribution in [2.45, 2.75) is 7.43 Å². The number of nitrogens with zero attached hydrogens (tertiary/aromatic N) is 5. The fourth-order valence-corrected chi connectivity index (χ4v) is 0.936. The van der Waals surface area contributed by atoms with Gasteiger partial charge in [-0.15, -0.1) is 5.10 Å². The summed E-state index contributed by atoms with van der Waals surface area (Å²) in [5.74, 6) is 0.698. The summed E-state index contributed by atoms with van der Waals surface area (Å²) in [6.07, 6.45) is 3.22. The molecule has 0 amide bonds. The maximum Gasteiger partial charge on any atom is 0.157 e. The minimum atomic E-state index is 0. The second-order valence-electron chi connectivity index (χ2n) is 2.41. The average molecular weight is 192 g/mol. The molecule has 0 atom stereocenters. The average Bonchev–Trinajstić information content (AvgIpc) is 2.71. The molecule has 6 nitrogen and oxygen atoms in total. The molecule has 0 bridgehead atoms. The molecule has 1 N–H and O–H groups in total. The predicted octanol–water partition coefficient (Wildman–Crippen LogP) is 0.735. The van der Waals surface area contributed by atoms with Crippen LogP contribution in [0.1, 0.15) is 7.43 Å². The van der Waals surface area contributed by atoms with Gasteiger partial charge in [-0.25, -0.2) is 4.98 Å². The Kier molecular flexibility index (Phi) is 3.11. The van der Waals surface area contributed by atoms with Crippen LogP contribution < -0.4 is 5.32 Å². The van der Waals surface area contributed by atoms with Gasteiger partial charge in [-0.1, -0.05) is 7.43 Å². The standard InChI is InChI=1S/C7H8N6.CH4/c1-8-6-2-3-7(9-4-6)13-5-10-11-12-13;/h2-5,8H,1H3;1H4. The zero-order valence-electron chi connectivity index (χ0n) is 7.05. The maximum absolute atomic E-state index is 4.15. The molecule has 2 aromatic rings. The molecule has 14 heavy (non-hydrogen) atoms. The monoisotopic (exact) mass is 192 g/mol. The highest BCUT2D eigenvalue weighted by Crippen LogP contribution is 2.06. The van der Waals surface area contributed by atoms with E-state index in [9.17, 15) is 0 Å². The van der Waals surface area contributed by atoms with Crippen molar-refractivity contribution in [3.63, 3.8) is 0 Å². The summed E-state index contributed by atoms with van der Waals surface area (Å²) >= 11 is 0. The van der Waals surface area contributed by atoms with E-state index in [-0.39, 0.29) is 7.43 Å². The Hall–Kier alpha value is -1.98. The third-order valence-corrected chi connectivity index (χ3v) is 1.62. The number of tetrazole rings is 1. The molecule has 0 spiro atoms. The van der Waals surface area contributed by atoms with E-state index in [1.807, 2.05) is 19.2 Å². The van der Waals surface area contributed by atoms with Gasteiger partial charge in [0.05, 0.1) is 11.9 Å². The zero-order valence-corrected chi connectivity index (χ0v) is 7.05. The Morgan fingerprint density at radius 2 is 2.21 bits per heavy atom. The molecule has 0 aliphatic heterocycles. The van der Waals surface area contributed by atoms with Crippen molar-refractivity contribution in [2.24, 2.45) is 0 Å². The fourth-order valence-electron chi connectivity index (χ4n) is 0.936. The van der Waals surface area contributed by atoms with Crippen molar-refractivity contribution >= 4 is 5.69 Å². The highest BCUT2D eigenvalue weighted by molar-refractivity contribution is 5.42. The van der Waals surface area contributed by atoms with E-state index in [1.165, 1.54) is 11.0 Å². The number of hydrogen-bond acceptors (Lipinski definition) is 5. The molecule has 0 aromatic carbocycles. The molecule has 2 aromatic heterocycles. The number of rotatable bonds is 2. The van der Waals surface area contributed by atoms with Crippen molar-refractivity contribution < 1.29 is 0 Å². The van der Waals surface area contributed by atoms with E-state index >= 15 is 0 Å². The highest BCUT2D eigenvalue weighted by atomic mass is 15.5. The molecule has 74 valence electrons. The van der Waals surface area contributed by atoms with Crippen LogP contribution in [-0.2, 0) is 0 Å². The Bertz CT molecular complexity index is 365. The van der Waals surface area contributed by atoms with Gasteiger partial charge in [0.1, 0.15) is 6.33 Å². The van der Waals surface area contributed by atoms with Crippen LogP contribution >= 0.6 is 0 Å². The first-order valence-corrected chi connectivity index (χ1v) is 3.77. The summed E-state index contributed by atoms with van der Waals surface area (Å²) in [5.41, 5.74) is 0.955. The number of nitrogens with one attached hydrogen (secondary N) is 1. The van der Waals surface area contributed by atoms with Crippen molar-refractivity contribution in [3.8, 4) is 5.82 Å². The number of pyridine rings is 1. The summed E-state index contributed by atoms with van der Waals surface area (Å²) in [5, 5.41) is 13.7. The van der Waals surface area contributed by atoms with Gasteiger partial charge >= 0.3 is 0 Å². The van der Waals surface area contributed by atoms with Gasteiger partial charge in [0.15, 0.2) is 5.82 Å². The molecule has 6 heteroatoms. The summed E-state index contributed by atoms with van der Waals surface area (Å²) in [6, 6.07) is 3.74. The van der Waals surface area contributed by atoms with Crippen molar-refractivity contribution in [1.29, 1.82) is 0 Å². The number of hydrogen-bond donors (Lipinski definition) is 1. The Balaban J connectivity index is 0.000000980. The highest BCUT2D eigenvalue weighted by Gasteiger charge is 1.97. The molecular formula is C8H12N6. The van der Waals surface area contributed by atoms with Crippen LogP contribution in [0.2, 0.25) is 0 Å². The number of anilines is 1. The Labute approximate surface area is 82.0 Å². The molecule has 0 unspecified atom stereocenters. The van der Waals surface area contributed by atoms with E-state index in [4.69, 9.17) is 0 Å². The van der Waals surface area contributed by atoms with E-state index < -0.39 is 0 Å². The lowest BCUT2D eigenvalue weighted by molar-refractivity contribution is 0.771.